The summed E-state index contributed by atoms with van der Waals surface area (Å²) in [5.41, 5.74) is 5.53. The summed E-state index contributed by atoms with van der Waals surface area (Å²) in [6, 6.07) is 0.00157. The van der Waals surface area contributed by atoms with Crippen molar-refractivity contribution in [2.45, 2.75) is 25.9 Å². The van der Waals surface area contributed by atoms with Gasteiger partial charge in [0.25, 0.3) is 0 Å². The van der Waals surface area contributed by atoms with Crippen LogP contribution in [0.15, 0.2) is 12.4 Å². The molecule has 1 aromatic rings. The summed E-state index contributed by atoms with van der Waals surface area (Å²) in [4.78, 5) is 6.29. The monoisotopic (exact) mass is 209 g/mol. The quantitative estimate of drug-likeness (QED) is 0.550. The van der Waals surface area contributed by atoms with E-state index in [1.807, 2.05) is 36.7 Å². The number of aromatic nitrogens is 2. The fourth-order valence-electron chi connectivity index (χ4n) is 1.65. The fourth-order valence-corrected chi connectivity index (χ4v) is 1.65. The summed E-state index contributed by atoms with van der Waals surface area (Å²) in [7, 11) is 3.93. The van der Waals surface area contributed by atoms with Gasteiger partial charge in [-0.05, 0) is 13.5 Å². The molecular formula is C10H19N5. The van der Waals surface area contributed by atoms with Crippen molar-refractivity contribution in [3.8, 4) is 0 Å². The Morgan fingerprint density at radius 2 is 2.40 bits per heavy atom. The summed E-state index contributed by atoms with van der Waals surface area (Å²) in [5, 5.41) is 7.47. The molecule has 1 heterocycles. The Kier molecular flexibility index (Phi) is 3.85. The van der Waals surface area contributed by atoms with Crippen LogP contribution >= 0.6 is 0 Å². The normalized spacial score (nSPS) is 13.1. The van der Waals surface area contributed by atoms with Gasteiger partial charge in [-0.25, -0.2) is 4.98 Å². The van der Waals surface area contributed by atoms with E-state index >= 15 is 0 Å². The number of imidazole rings is 1. The fraction of sp³-hybridized carbons (Fsp3) is 0.600. The van der Waals surface area contributed by atoms with Crippen molar-refractivity contribution in [1.29, 1.82) is 5.41 Å². The van der Waals surface area contributed by atoms with Crippen molar-refractivity contribution in [2.75, 3.05) is 7.05 Å². The van der Waals surface area contributed by atoms with Crippen LogP contribution in [0.25, 0.3) is 0 Å². The SMILES string of the molecule is CCC(C(=N)N)N(C)Cc1nccn1C. The predicted octanol–water partition coefficient (Wildman–Crippen LogP) is 0.566. The molecule has 0 fully saturated rings. The number of hydrogen-bond acceptors (Lipinski definition) is 3. The number of aryl methyl sites for hydroxylation is 1. The van der Waals surface area contributed by atoms with Crippen molar-refractivity contribution < 1.29 is 0 Å². The highest BCUT2D eigenvalue weighted by Crippen LogP contribution is 2.06. The van der Waals surface area contributed by atoms with Crippen molar-refractivity contribution in [2.24, 2.45) is 12.8 Å². The number of hydrogen-bond donors (Lipinski definition) is 2. The van der Waals surface area contributed by atoms with Gasteiger partial charge in [-0.1, -0.05) is 6.92 Å². The maximum Gasteiger partial charge on any atom is 0.122 e. The van der Waals surface area contributed by atoms with E-state index in [1.54, 1.807) is 6.20 Å². The van der Waals surface area contributed by atoms with Crippen LogP contribution in [0.2, 0.25) is 0 Å². The second-order valence-electron chi connectivity index (χ2n) is 3.75. The van der Waals surface area contributed by atoms with Gasteiger partial charge in [0.15, 0.2) is 0 Å². The van der Waals surface area contributed by atoms with Gasteiger partial charge in [0.2, 0.25) is 0 Å². The molecule has 0 amide bonds. The van der Waals surface area contributed by atoms with Gasteiger partial charge >= 0.3 is 0 Å². The van der Waals surface area contributed by atoms with Crippen LogP contribution in [0, 0.1) is 5.41 Å². The zero-order chi connectivity index (χ0) is 11.4. The zero-order valence-corrected chi connectivity index (χ0v) is 9.57. The van der Waals surface area contributed by atoms with Crippen molar-refractivity contribution in [1.82, 2.24) is 14.5 Å². The average molecular weight is 209 g/mol. The third-order valence-corrected chi connectivity index (χ3v) is 2.59. The van der Waals surface area contributed by atoms with E-state index in [-0.39, 0.29) is 11.9 Å². The number of likely N-dealkylation sites (N-methyl/N-ethyl adjacent to an activating group) is 1. The maximum atomic E-state index is 7.47. The minimum absolute atomic E-state index is 0.00157. The Morgan fingerprint density at radius 1 is 1.73 bits per heavy atom. The number of amidine groups is 1. The maximum absolute atomic E-state index is 7.47. The first-order valence-electron chi connectivity index (χ1n) is 5.06. The van der Waals surface area contributed by atoms with Crippen LogP contribution in [-0.2, 0) is 13.6 Å². The molecule has 0 bridgehead atoms. The second-order valence-corrected chi connectivity index (χ2v) is 3.75. The third-order valence-electron chi connectivity index (χ3n) is 2.59. The molecule has 1 atom stereocenters. The molecule has 5 heteroatoms. The molecule has 0 aliphatic heterocycles. The molecule has 0 radical (unpaired) electrons. The summed E-state index contributed by atoms with van der Waals surface area (Å²) in [5.74, 6) is 1.20. The highest BCUT2D eigenvalue weighted by atomic mass is 15.2. The second kappa shape index (κ2) is 4.93. The average Bonchev–Trinajstić information content (AvgIpc) is 2.52. The minimum Gasteiger partial charge on any atom is -0.386 e. The van der Waals surface area contributed by atoms with Gasteiger partial charge in [0.1, 0.15) is 11.7 Å². The molecule has 1 rings (SSSR count). The first-order chi connectivity index (χ1) is 7.06. The largest absolute Gasteiger partial charge is 0.386 e. The van der Waals surface area contributed by atoms with Gasteiger partial charge in [0, 0.05) is 19.4 Å². The summed E-state index contributed by atoms with van der Waals surface area (Å²) >= 11 is 0. The van der Waals surface area contributed by atoms with E-state index in [9.17, 15) is 0 Å². The molecule has 0 aromatic carbocycles. The van der Waals surface area contributed by atoms with Gasteiger partial charge in [-0.3, -0.25) is 10.3 Å². The van der Waals surface area contributed by atoms with Crippen LogP contribution in [0.3, 0.4) is 0 Å². The van der Waals surface area contributed by atoms with Gasteiger partial charge < -0.3 is 10.3 Å². The topological polar surface area (TPSA) is 70.9 Å². The van der Waals surface area contributed by atoms with Crippen molar-refractivity contribution in [3.63, 3.8) is 0 Å². The molecule has 15 heavy (non-hydrogen) atoms. The van der Waals surface area contributed by atoms with Gasteiger partial charge in [0.05, 0.1) is 12.6 Å². The molecular weight excluding hydrogens is 190 g/mol. The molecule has 3 N–H and O–H groups in total. The summed E-state index contributed by atoms with van der Waals surface area (Å²) < 4.78 is 1.98. The molecule has 1 aromatic heterocycles. The predicted molar refractivity (Wildman–Crippen MR) is 60.7 cm³/mol. The van der Waals surface area contributed by atoms with E-state index < -0.39 is 0 Å². The van der Waals surface area contributed by atoms with E-state index in [4.69, 9.17) is 11.1 Å². The Hall–Kier alpha value is -1.36. The van der Waals surface area contributed by atoms with Crippen molar-refractivity contribution >= 4 is 5.84 Å². The van der Waals surface area contributed by atoms with Gasteiger partial charge in [-0.2, -0.15) is 0 Å². The Bertz CT molecular complexity index is 330. The molecule has 0 aliphatic rings. The van der Waals surface area contributed by atoms with Gasteiger partial charge in [-0.15, -0.1) is 0 Å². The summed E-state index contributed by atoms with van der Waals surface area (Å²) in [6.07, 6.45) is 4.53. The molecule has 0 saturated carbocycles. The van der Waals surface area contributed by atoms with E-state index in [0.29, 0.717) is 6.54 Å². The number of nitrogens with one attached hydrogen (secondary N) is 1. The Labute approximate surface area is 90.4 Å². The van der Waals surface area contributed by atoms with Crippen LogP contribution in [0.5, 0.6) is 0 Å². The molecule has 1 unspecified atom stereocenters. The van der Waals surface area contributed by atoms with E-state index in [1.165, 1.54) is 0 Å². The van der Waals surface area contributed by atoms with E-state index in [0.717, 1.165) is 12.2 Å². The Morgan fingerprint density at radius 3 is 2.80 bits per heavy atom. The number of nitrogens with zero attached hydrogens (tertiary/aromatic N) is 3. The van der Waals surface area contributed by atoms with Crippen LogP contribution in [0.4, 0.5) is 0 Å². The van der Waals surface area contributed by atoms with E-state index in [2.05, 4.69) is 4.98 Å². The standard InChI is InChI=1S/C10H19N5/c1-4-8(10(11)12)15(3)7-9-13-5-6-14(9)2/h5-6,8H,4,7H2,1-3H3,(H3,11,12). The minimum atomic E-state index is 0.00157. The van der Waals surface area contributed by atoms with Crippen molar-refractivity contribution in [3.05, 3.63) is 18.2 Å². The molecule has 0 spiro atoms. The smallest absolute Gasteiger partial charge is 0.122 e. The first-order valence-corrected chi connectivity index (χ1v) is 5.06. The molecule has 0 saturated heterocycles. The lowest BCUT2D eigenvalue weighted by Crippen LogP contribution is -2.41. The lowest BCUT2D eigenvalue weighted by molar-refractivity contribution is 0.271. The lowest BCUT2D eigenvalue weighted by atomic mass is 10.2. The highest BCUT2D eigenvalue weighted by Gasteiger charge is 2.16. The lowest BCUT2D eigenvalue weighted by Gasteiger charge is -2.25. The Balaban J connectivity index is 2.66. The number of nitrogens with two attached hydrogens (primary N) is 1. The van der Waals surface area contributed by atoms with Crippen LogP contribution in [0.1, 0.15) is 19.2 Å². The first kappa shape index (κ1) is 11.7. The molecule has 84 valence electrons. The zero-order valence-electron chi connectivity index (χ0n) is 9.57. The summed E-state index contributed by atoms with van der Waals surface area (Å²) in [6.45, 7) is 2.74. The number of rotatable bonds is 5. The van der Waals surface area contributed by atoms with Crippen LogP contribution in [-0.4, -0.2) is 33.4 Å². The third kappa shape index (κ3) is 2.79. The highest BCUT2D eigenvalue weighted by molar-refractivity contribution is 5.82. The molecule has 0 aliphatic carbocycles. The van der Waals surface area contributed by atoms with Crippen LogP contribution < -0.4 is 5.73 Å². The molecule has 5 nitrogen and oxygen atoms in total.